The zero-order chi connectivity index (χ0) is 13.3. The largest absolute Gasteiger partial charge is 0.306 e. The molecule has 2 aromatic rings. The van der Waals surface area contributed by atoms with E-state index in [1.165, 1.54) is 5.56 Å². The van der Waals surface area contributed by atoms with Crippen LogP contribution in [0.2, 0.25) is 0 Å². The highest BCUT2D eigenvalue weighted by Gasteiger charge is 2.18. The van der Waals surface area contributed by atoms with Crippen molar-refractivity contribution in [3.63, 3.8) is 0 Å². The molecule has 0 saturated carbocycles. The summed E-state index contributed by atoms with van der Waals surface area (Å²) in [6, 6.07) is 3.96. The predicted octanol–water partition coefficient (Wildman–Crippen LogP) is 2.52. The first-order valence-electron chi connectivity index (χ1n) is 5.78. The summed E-state index contributed by atoms with van der Waals surface area (Å²) < 4.78 is 17.4. The maximum Gasteiger partial charge on any atom is 0.144 e. The molecule has 0 radical (unpaired) electrons. The number of fused-ring (bicyclic) bond motifs is 1. The fourth-order valence-electron chi connectivity index (χ4n) is 1.44. The maximum atomic E-state index is 11.8. The average molecular weight is 263 g/mol. The third kappa shape index (κ3) is 2.85. The molecular weight excluding hydrogens is 246 g/mol. The summed E-state index contributed by atoms with van der Waals surface area (Å²) in [5, 5.41) is 0. The number of rotatable bonds is 2. The predicted molar refractivity (Wildman–Crippen MR) is 75.4 cm³/mol. The Bertz CT molecular complexity index is 623. The number of aromatic nitrogens is 2. The van der Waals surface area contributed by atoms with E-state index in [2.05, 4.69) is 9.38 Å². The van der Waals surface area contributed by atoms with Gasteiger partial charge in [0.05, 0.1) is 11.0 Å². The maximum absolute atomic E-state index is 11.8. The molecule has 0 aliphatic rings. The molecule has 0 amide bonds. The van der Waals surface area contributed by atoms with Gasteiger partial charge in [-0.15, -0.1) is 0 Å². The lowest BCUT2D eigenvalue weighted by Crippen LogP contribution is -2.19. The number of hydrogen-bond donors (Lipinski definition) is 0. The molecule has 0 saturated heterocycles. The molecule has 18 heavy (non-hydrogen) atoms. The van der Waals surface area contributed by atoms with Crippen LogP contribution in [-0.4, -0.2) is 24.6 Å². The minimum Gasteiger partial charge on any atom is -0.306 e. The number of imidazole rings is 1. The van der Waals surface area contributed by atoms with E-state index in [0.29, 0.717) is 0 Å². The van der Waals surface area contributed by atoms with Gasteiger partial charge in [-0.3, -0.25) is 0 Å². The monoisotopic (exact) mass is 263 g/mol. The molecule has 0 aliphatic heterocycles. The summed E-state index contributed by atoms with van der Waals surface area (Å²) in [6.45, 7) is 7.72. The Hall–Kier alpha value is -1.49. The Kier molecular flexibility index (Phi) is 3.34. The van der Waals surface area contributed by atoms with Crippen molar-refractivity contribution in [2.75, 3.05) is 0 Å². The minimum absolute atomic E-state index is 0.341. The summed E-state index contributed by atoms with van der Waals surface area (Å²) in [6.07, 6.45) is 5.45. The molecule has 1 unspecified atom stereocenters. The minimum atomic E-state index is -1.24. The van der Waals surface area contributed by atoms with Crippen LogP contribution >= 0.6 is 0 Å². The van der Waals surface area contributed by atoms with Gasteiger partial charge < -0.3 is 4.40 Å². The van der Waals surface area contributed by atoms with Crippen LogP contribution in [0, 0.1) is 6.92 Å². The molecule has 0 aromatic carbocycles. The normalized spacial score (nSPS) is 14.4. The smallest absolute Gasteiger partial charge is 0.144 e. The van der Waals surface area contributed by atoms with Crippen molar-refractivity contribution in [2.24, 2.45) is 4.40 Å². The van der Waals surface area contributed by atoms with Crippen molar-refractivity contribution in [3.05, 3.63) is 35.8 Å². The van der Waals surface area contributed by atoms with Crippen LogP contribution in [-0.2, 0) is 11.0 Å². The summed E-state index contributed by atoms with van der Waals surface area (Å²) in [4.78, 5) is 4.39. The first kappa shape index (κ1) is 13.0. The quantitative estimate of drug-likeness (QED) is 0.782. The van der Waals surface area contributed by atoms with E-state index in [-0.39, 0.29) is 4.75 Å². The van der Waals surface area contributed by atoms with Crippen LogP contribution in [0.4, 0.5) is 0 Å². The van der Waals surface area contributed by atoms with Crippen LogP contribution in [0.25, 0.3) is 5.65 Å². The van der Waals surface area contributed by atoms with Crippen molar-refractivity contribution in [1.82, 2.24) is 9.38 Å². The Morgan fingerprint density at radius 2 is 2.06 bits per heavy atom. The van der Waals surface area contributed by atoms with E-state index in [9.17, 15) is 4.21 Å². The lowest BCUT2D eigenvalue weighted by molar-refractivity contribution is 0.651. The van der Waals surface area contributed by atoms with E-state index < -0.39 is 11.0 Å². The van der Waals surface area contributed by atoms with Gasteiger partial charge in [-0.2, -0.15) is 4.40 Å². The lowest BCUT2D eigenvalue weighted by Gasteiger charge is -2.12. The first-order valence-corrected chi connectivity index (χ1v) is 6.88. The van der Waals surface area contributed by atoms with Crippen molar-refractivity contribution in [2.45, 2.75) is 32.4 Å². The van der Waals surface area contributed by atoms with Gasteiger partial charge in [-0.25, -0.2) is 9.19 Å². The Morgan fingerprint density at radius 1 is 1.33 bits per heavy atom. The molecule has 1 atom stereocenters. The highest BCUT2D eigenvalue weighted by Crippen LogP contribution is 2.12. The Morgan fingerprint density at radius 3 is 2.72 bits per heavy atom. The van der Waals surface area contributed by atoms with Crippen molar-refractivity contribution in [1.29, 1.82) is 0 Å². The van der Waals surface area contributed by atoms with Gasteiger partial charge in [0, 0.05) is 12.4 Å². The molecule has 0 bridgehead atoms. The standard InChI is InChI=1S/C13H17N3OS/c1-10-5-6-12-15-11(9-16(12)8-10)7-14-18(17)13(2,3)4/h5-9H,1-4H3. The second-order valence-electron chi connectivity index (χ2n) is 5.23. The number of aryl methyl sites for hydroxylation is 1. The molecule has 5 heteroatoms. The van der Waals surface area contributed by atoms with Crippen molar-refractivity contribution < 1.29 is 4.21 Å². The first-order chi connectivity index (χ1) is 8.36. The van der Waals surface area contributed by atoms with E-state index >= 15 is 0 Å². The summed E-state index contributed by atoms with van der Waals surface area (Å²) in [5.41, 5.74) is 2.75. The number of pyridine rings is 1. The third-order valence-corrected chi connectivity index (χ3v) is 3.77. The van der Waals surface area contributed by atoms with E-state index in [4.69, 9.17) is 0 Å². The third-order valence-electron chi connectivity index (χ3n) is 2.42. The van der Waals surface area contributed by atoms with Crippen LogP contribution in [0.5, 0.6) is 0 Å². The van der Waals surface area contributed by atoms with Crippen LogP contribution < -0.4 is 0 Å². The highest BCUT2D eigenvalue weighted by atomic mass is 32.2. The van der Waals surface area contributed by atoms with Crippen LogP contribution in [0.3, 0.4) is 0 Å². The van der Waals surface area contributed by atoms with E-state index in [1.54, 1.807) is 6.21 Å². The van der Waals surface area contributed by atoms with Gasteiger partial charge in [-0.1, -0.05) is 6.07 Å². The highest BCUT2D eigenvalue weighted by molar-refractivity contribution is 7.85. The summed E-state index contributed by atoms with van der Waals surface area (Å²) in [5.74, 6) is 0. The van der Waals surface area contributed by atoms with E-state index in [1.807, 2.05) is 56.6 Å². The zero-order valence-electron chi connectivity index (χ0n) is 11.0. The second-order valence-corrected chi connectivity index (χ2v) is 7.17. The summed E-state index contributed by atoms with van der Waals surface area (Å²) >= 11 is 0. The molecule has 96 valence electrons. The van der Waals surface area contributed by atoms with Crippen molar-refractivity contribution in [3.8, 4) is 0 Å². The van der Waals surface area contributed by atoms with Crippen molar-refractivity contribution >= 4 is 22.8 Å². The Balaban J connectivity index is 2.27. The van der Waals surface area contributed by atoms with Gasteiger partial charge in [0.2, 0.25) is 0 Å². The summed E-state index contributed by atoms with van der Waals surface area (Å²) in [7, 11) is -1.24. The SMILES string of the molecule is Cc1ccc2nc(C=NS(=O)C(C)(C)C)cn2c1. The zero-order valence-corrected chi connectivity index (χ0v) is 11.9. The molecule has 2 rings (SSSR count). The van der Waals surface area contributed by atoms with Gasteiger partial charge in [-0.05, 0) is 39.3 Å². The van der Waals surface area contributed by atoms with Gasteiger partial charge in [0.25, 0.3) is 0 Å². The van der Waals surface area contributed by atoms with Crippen LogP contribution in [0.15, 0.2) is 28.9 Å². The fraction of sp³-hybridized carbons (Fsp3) is 0.385. The molecule has 0 aliphatic carbocycles. The molecule has 4 nitrogen and oxygen atoms in total. The van der Waals surface area contributed by atoms with E-state index in [0.717, 1.165) is 11.3 Å². The van der Waals surface area contributed by atoms with Gasteiger partial charge in [0.1, 0.15) is 22.3 Å². The molecule has 2 aromatic heterocycles. The molecular formula is C13H17N3OS. The topological polar surface area (TPSA) is 46.7 Å². The van der Waals surface area contributed by atoms with Gasteiger partial charge >= 0.3 is 0 Å². The Labute approximate surface area is 109 Å². The average Bonchev–Trinajstić information content (AvgIpc) is 2.66. The fourth-order valence-corrected chi connectivity index (χ4v) is 1.96. The van der Waals surface area contributed by atoms with Gasteiger partial charge in [0.15, 0.2) is 0 Å². The van der Waals surface area contributed by atoms with Crippen LogP contribution in [0.1, 0.15) is 32.0 Å². The molecule has 0 spiro atoms. The molecule has 0 fully saturated rings. The second kappa shape index (κ2) is 4.65. The molecule has 0 N–H and O–H groups in total. The molecule has 2 heterocycles. The number of hydrogen-bond acceptors (Lipinski definition) is 2. The lowest BCUT2D eigenvalue weighted by atomic mass is 10.3. The number of nitrogens with zero attached hydrogens (tertiary/aromatic N) is 3.